The summed E-state index contributed by atoms with van der Waals surface area (Å²) < 4.78 is 0. The highest BCUT2D eigenvalue weighted by molar-refractivity contribution is 7.07. The van der Waals surface area contributed by atoms with Gasteiger partial charge in [0.25, 0.3) is 0 Å². The summed E-state index contributed by atoms with van der Waals surface area (Å²) in [4.78, 5) is 11.6. The molecule has 0 amide bonds. The van der Waals surface area contributed by atoms with Crippen molar-refractivity contribution in [1.29, 1.82) is 0 Å². The average Bonchev–Trinajstić information content (AvgIpc) is 2.55. The van der Waals surface area contributed by atoms with Crippen LogP contribution in [0, 0.1) is 5.92 Å². The summed E-state index contributed by atoms with van der Waals surface area (Å²) in [6, 6.07) is 1.68. The molecule has 0 aliphatic rings. The van der Waals surface area contributed by atoms with Gasteiger partial charge >= 0.3 is 0 Å². The van der Waals surface area contributed by atoms with Gasteiger partial charge in [0.15, 0.2) is 5.78 Å². The molecule has 0 aromatic carbocycles. The first-order chi connectivity index (χ1) is 6.59. The molecule has 2 N–H and O–H groups in total. The smallest absolute Gasteiger partial charge is 0.153 e. The Hall–Kier alpha value is -0.670. The zero-order chi connectivity index (χ0) is 10.6. The molecule has 1 aromatic heterocycles. The number of carbonyl (C=O) groups is 1. The highest BCUT2D eigenvalue weighted by Crippen LogP contribution is 2.10. The summed E-state index contributed by atoms with van der Waals surface area (Å²) in [6.45, 7) is 4.16. The quantitative estimate of drug-likeness (QED) is 0.811. The third-order valence-electron chi connectivity index (χ3n) is 2.10. The number of carbonyl (C=O) groups excluding carboxylic acids is 1. The van der Waals surface area contributed by atoms with E-state index >= 15 is 0 Å². The number of hydrogen-bond donors (Lipinski definition) is 1. The van der Waals surface area contributed by atoms with Gasteiger partial charge in [0.1, 0.15) is 0 Å². The standard InChI is InChI=1S/C11H17NOS/c1-8(2)5-10(12)11(13)6-9-3-4-14-7-9/h3-4,7-8,10H,5-6,12H2,1-2H3. The Bertz CT molecular complexity index is 279. The Kier molecular flexibility index (Phi) is 4.29. The van der Waals surface area contributed by atoms with Crippen LogP contribution in [0.5, 0.6) is 0 Å². The van der Waals surface area contributed by atoms with E-state index < -0.39 is 0 Å². The van der Waals surface area contributed by atoms with Crippen LogP contribution in [-0.2, 0) is 11.2 Å². The number of Topliss-reactive ketones (excluding diaryl/α,β-unsaturated/α-hetero) is 1. The fourth-order valence-electron chi connectivity index (χ4n) is 1.36. The lowest BCUT2D eigenvalue weighted by Crippen LogP contribution is -2.33. The van der Waals surface area contributed by atoms with E-state index in [1.165, 1.54) is 0 Å². The SMILES string of the molecule is CC(C)CC(N)C(=O)Cc1ccsc1. The van der Waals surface area contributed by atoms with Gasteiger partial charge in [-0.15, -0.1) is 0 Å². The largest absolute Gasteiger partial charge is 0.321 e. The van der Waals surface area contributed by atoms with Crippen LogP contribution >= 0.6 is 11.3 Å². The van der Waals surface area contributed by atoms with Gasteiger partial charge in [-0.05, 0) is 34.7 Å². The van der Waals surface area contributed by atoms with Gasteiger partial charge < -0.3 is 5.73 Å². The fourth-order valence-corrected chi connectivity index (χ4v) is 2.03. The third kappa shape index (κ3) is 3.60. The Morgan fingerprint density at radius 3 is 2.79 bits per heavy atom. The summed E-state index contributed by atoms with van der Waals surface area (Å²) in [5.74, 6) is 0.633. The number of rotatable bonds is 5. The molecule has 78 valence electrons. The lowest BCUT2D eigenvalue weighted by molar-refractivity contribution is -0.120. The van der Waals surface area contributed by atoms with Gasteiger partial charge in [0, 0.05) is 6.42 Å². The molecule has 3 heteroatoms. The van der Waals surface area contributed by atoms with Crippen molar-refractivity contribution in [3.05, 3.63) is 22.4 Å². The van der Waals surface area contributed by atoms with Gasteiger partial charge in [0.05, 0.1) is 6.04 Å². The lowest BCUT2D eigenvalue weighted by atomic mass is 9.98. The summed E-state index contributed by atoms with van der Waals surface area (Å²) in [5, 5.41) is 3.98. The molecule has 1 unspecified atom stereocenters. The van der Waals surface area contributed by atoms with Crippen LogP contribution in [0.3, 0.4) is 0 Å². The predicted octanol–water partition coefficient (Wildman–Crippen LogP) is 2.23. The van der Waals surface area contributed by atoms with Crippen molar-refractivity contribution >= 4 is 17.1 Å². The van der Waals surface area contributed by atoms with Gasteiger partial charge in [-0.25, -0.2) is 0 Å². The summed E-state index contributed by atoms with van der Waals surface area (Å²) in [7, 11) is 0. The molecule has 0 aliphatic heterocycles. The normalized spacial score (nSPS) is 13.1. The summed E-state index contributed by atoms with van der Waals surface area (Å²) in [6.07, 6.45) is 1.26. The van der Waals surface area contributed by atoms with Gasteiger partial charge in [0.2, 0.25) is 0 Å². The zero-order valence-electron chi connectivity index (χ0n) is 8.69. The molecule has 14 heavy (non-hydrogen) atoms. The molecule has 0 bridgehead atoms. The second-order valence-corrected chi connectivity index (χ2v) is 4.79. The molecule has 1 aromatic rings. The van der Waals surface area contributed by atoms with E-state index in [2.05, 4.69) is 13.8 Å². The summed E-state index contributed by atoms with van der Waals surface area (Å²) in [5.41, 5.74) is 6.87. The van der Waals surface area contributed by atoms with Crippen LogP contribution in [0.15, 0.2) is 16.8 Å². The Morgan fingerprint density at radius 2 is 2.29 bits per heavy atom. The monoisotopic (exact) mass is 211 g/mol. The lowest BCUT2D eigenvalue weighted by Gasteiger charge is -2.12. The molecule has 0 aliphatic carbocycles. The molecular weight excluding hydrogens is 194 g/mol. The predicted molar refractivity (Wildman–Crippen MR) is 60.5 cm³/mol. The van der Waals surface area contributed by atoms with Crippen LogP contribution < -0.4 is 5.73 Å². The molecule has 1 atom stereocenters. The van der Waals surface area contributed by atoms with Crippen molar-refractivity contribution < 1.29 is 4.79 Å². The molecule has 0 radical (unpaired) electrons. The van der Waals surface area contributed by atoms with Crippen molar-refractivity contribution in [2.75, 3.05) is 0 Å². The van der Waals surface area contributed by atoms with Crippen molar-refractivity contribution in [2.24, 2.45) is 11.7 Å². The minimum atomic E-state index is -0.296. The van der Waals surface area contributed by atoms with Crippen LogP contribution in [0.4, 0.5) is 0 Å². The minimum Gasteiger partial charge on any atom is -0.321 e. The number of hydrogen-bond acceptors (Lipinski definition) is 3. The summed E-state index contributed by atoms with van der Waals surface area (Å²) >= 11 is 1.61. The molecule has 0 spiro atoms. The van der Waals surface area contributed by atoms with Crippen molar-refractivity contribution in [1.82, 2.24) is 0 Å². The van der Waals surface area contributed by atoms with Crippen LogP contribution in [0.2, 0.25) is 0 Å². The van der Waals surface area contributed by atoms with Crippen LogP contribution in [0.25, 0.3) is 0 Å². The maximum absolute atomic E-state index is 11.6. The number of ketones is 1. The van der Waals surface area contributed by atoms with Crippen molar-refractivity contribution in [2.45, 2.75) is 32.7 Å². The second-order valence-electron chi connectivity index (χ2n) is 4.01. The van der Waals surface area contributed by atoms with E-state index in [-0.39, 0.29) is 11.8 Å². The minimum absolute atomic E-state index is 0.150. The Balaban J connectivity index is 2.42. The molecule has 2 nitrogen and oxygen atoms in total. The first kappa shape index (κ1) is 11.4. The molecule has 0 saturated heterocycles. The number of nitrogens with two attached hydrogens (primary N) is 1. The topological polar surface area (TPSA) is 43.1 Å². The van der Waals surface area contributed by atoms with Crippen LogP contribution in [0.1, 0.15) is 25.8 Å². The zero-order valence-corrected chi connectivity index (χ0v) is 9.51. The van der Waals surface area contributed by atoms with E-state index in [4.69, 9.17) is 5.73 Å². The maximum Gasteiger partial charge on any atom is 0.153 e. The van der Waals surface area contributed by atoms with Crippen molar-refractivity contribution in [3.8, 4) is 0 Å². The molecule has 1 rings (SSSR count). The average molecular weight is 211 g/mol. The highest BCUT2D eigenvalue weighted by Gasteiger charge is 2.15. The van der Waals surface area contributed by atoms with E-state index in [0.717, 1.165) is 12.0 Å². The van der Waals surface area contributed by atoms with E-state index in [9.17, 15) is 4.79 Å². The second kappa shape index (κ2) is 5.27. The Labute approximate surface area is 89.1 Å². The highest BCUT2D eigenvalue weighted by atomic mass is 32.1. The van der Waals surface area contributed by atoms with Crippen LogP contribution in [-0.4, -0.2) is 11.8 Å². The first-order valence-electron chi connectivity index (χ1n) is 4.89. The molecule has 1 heterocycles. The first-order valence-corrected chi connectivity index (χ1v) is 5.83. The fraction of sp³-hybridized carbons (Fsp3) is 0.545. The molecule has 0 fully saturated rings. The third-order valence-corrected chi connectivity index (χ3v) is 2.83. The van der Waals surface area contributed by atoms with Gasteiger partial charge in [-0.2, -0.15) is 11.3 Å². The molecule has 0 saturated carbocycles. The number of thiophene rings is 1. The van der Waals surface area contributed by atoms with E-state index in [1.807, 2.05) is 16.8 Å². The van der Waals surface area contributed by atoms with Gasteiger partial charge in [-0.3, -0.25) is 4.79 Å². The Morgan fingerprint density at radius 1 is 1.57 bits per heavy atom. The molecular formula is C11H17NOS. The van der Waals surface area contributed by atoms with Crippen molar-refractivity contribution in [3.63, 3.8) is 0 Å². The van der Waals surface area contributed by atoms with Gasteiger partial charge in [-0.1, -0.05) is 13.8 Å². The maximum atomic E-state index is 11.6. The van der Waals surface area contributed by atoms with E-state index in [1.54, 1.807) is 11.3 Å². The van der Waals surface area contributed by atoms with E-state index in [0.29, 0.717) is 12.3 Å².